The van der Waals surface area contributed by atoms with Crippen molar-refractivity contribution < 1.29 is 28.8 Å². The predicted molar refractivity (Wildman–Crippen MR) is 122 cm³/mol. The number of ether oxygens (including phenoxy) is 5. The molecule has 1 aliphatic carbocycles. The summed E-state index contributed by atoms with van der Waals surface area (Å²) in [5.41, 5.74) is 1.43. The minimum atomic E-state index is -0.235. The van der Waals surface area contributed by atoms with E-state index in [9.17, 15) is 0 Å². The van der Waals surface area contributed by atoms with Crippen LogP contribution in [0, 0.1) is 0 Å². The van der Waals surface area contributed by atoms with Gasteiger partial charge in [-0.15, -0.1) is 0 Å². The largest absolute Gasteiger partial charge is 0.491 e. The molecule has 0 amide bonds. The molecule has 2 rings (SSSR count). The first-order chi connectivity index (χ1) is 15.4. The highest BCUT2D eigenvalue weighted by atomic mass is 16.6. The molecular weight excluding hydrogens is 396 g/mol. The van der Waals surface area contributed by atoms with Gasteiger partial charge in [-0.25, -0.2) is 0 Å². The number of aliphatic hydroxyl groups is 1. The third-order valence-electron chi connectivity index (χ3n) is 5.59. The Morgan fingerprint density at radius 1 is 0.677 bits per heavy atom. The summed E-state index contributed by atoms with van der Waals surface area (Å²) < 4.78 is 27.2. The first-order valence-electron chi connectivity index (χ1n) is 12.0. The molecule has 0 aliphatic heterocycles. The zero-order valence-electron chi connectivity index (χ0n) is 19.1. The van der Waals surface area contributed by atoms with Crippen molar-refractivity contribution in [2.24, 2.45) is 0 Å². The smallest absolute Gasteiger partial charge is 0.143 e. The van der Waals surface area contributed by atoms with Crippen molar-refractivity contribution in [1.29, 1.82) is 0 Å². The van der Waals surface area contributed by atoms with Gasteiger partial charge in [0.15, 0.2) is 0 Å². The zero-order chi connectivity index (χ0) is 21.8. The highest BCUT2D eigenvalue weighted by Gasteiger charge is 2.13. The summed E-state index contributed by atoms with van der Waals surface area (Å²) in [6.07, 6.45) is 11.6. The monoisotopic (exact) mass is 438 g/mol. The molecule has 0 unspecified atom stereocenters. The SMILES string of the molecule is OCOCCCOCCOCCOCCOc1cccc(C2CCCCCCCC2)c1. The van der Waals surface area contributed by atoms with Crippen molar-refractivity contribution in [3.8, 4) is 5.75 Å². The van der Waals surface area contributed by atoms with E-state index in [1.807, 2.05) is 6.07 Å². The van der Waals surface area contributed by atoms with Gasteiger partial charge < -0.3 is 28.8 Å². The average Bonchev–Trinajstić information content (AvgIpc) is 2.94. The highest BCUT2D eigenvalue weighted by Crippen LogP contribution is 2.31. The molecule has 0 aromatic heterocycles. The lowest BCUT2D eigenvalue weighted by Crippen LogP contribution is -2.13. The van der Waals surface area contributed by atoms with Crippen molar-refractivity contribution in [1.82, 2.24) is 0 Å². The summed E-state index contributed by atoms with van der Waals surface area (Å²) in [7, 11) is 0. The fourth-order valence-electron chi connectivity index (χ4n) is 3.91. The first kappa shape index (κ1) is 26.1. The zero-order valence-corrected chi connectivity index (χ0v) is 19.1. The number of rotatable bonds is 16. The molecule has 0 atom stereocenters. The predicted octanol–water partition coefficient (Wildman–Crippen LogP) is 4.69. The van der Waals surface area contributed by atoms with E-state index in [0.717, 1.165) is 12.2 Å². The van der Waals surface area contributed by atoms with Crippen LogP contribution in [0.2, 0.25) is 0 Å². The summed E-state index contributed by atoms with van der Waals surface area (Å²) >= 11 is 0. The average molecular weight is 439 g/mol. The van der Waals surface area contributed by atoms with Gasteiger partial charge in [-0.1, -0.05) is 50.7 Å². The maximum atomic E-state index is 8.48. The Kier molecular flexibility index (Phi) is 15.5. The Hall–Kier alpha value is -1.18. The van der Waals surface area contributed by atoms with Crippen LogP contribution in [-0.2, 0) is 18.9 Å². The number of hydrogen-bond donors (Lipinski definition) is 1. The van der Waals surface area contributed by atoms with Gasteiger partial charge in [0.2, 0.25) is 0 Å². The quantitative estimate of drug-likeness (QED) is 0.298. The van der Waals surface area contributed by atoms with Crippen molar-refractivity contribution in [3.05, 3.63) is 29.8 Å². The van der Waals surface area contributed by atoms with E-state index >= 15 is 0 Å². The van der Waals surface area contributed by atoms with Crippen molar-refractivity contribution in [2.45, 2.75) is 63.7 Å². The molecule has 0 heterocycles. The molecule has 1 aromatic carbocycles. The Balaban J connectivity index is 1.48. The second-order valence-corrected chi connectivity index (χ2v) is 8.04. The fourth-order valence-corrected chi connectivity index (χ4v) is 3.91. The molecule has 0 spiro atoms. The van der Waals surface area contributed by atoms with Crippen LogP contribution in [0.15, 0.2) is 24.3 Å². The van der Waals surface area contributed by atoms with Crippen LogP contribution < -0.4 is 4.74 Å². The summed E-state index contributed by atoms with van der Waals surface area (Å²) in [4.78, 5) is 0. The standard InChI is InChI=1S/C25H42O6/c26-22-30-14-8-13-27-15-16-28-17-18-29-19-20-31-25-12-7-11-24(21-25)23-9-5-3-1-2-4-6-10-23/h7,11-12,21,23,26H,1-6,8-10,13-20,22H2. The highest BCUT2D eigenvalue weighted by molar-refractivity contribution is 5.31. The van der Waals surface area contributed by atoms with Crippen molar-refractivity contribution >= 4 is 0 Å². The van der Waals surface area contributed by atoms with Gasteiger partial charge in [0.1, 0.15) is 19.1 Å². The molecule has 1 saturated carbocycles. The maximum Gasteiger partial charge on any atom is 0.143 e. The van der Waals surface area contributed by atoms with E-state index < -0.39 is 0 Å². The van der Waals surface area contributed by atoms with E-state index in [4.69, 9.17) is 28.8 Å². The molecule has 6 heteroatoms. The minimum absolute atomic E-state index is 0.235. The molecule has 6 nitrogen and oxygen atoms in total. The van der Waals surface area contributed by atoms with Crippen molar-refractivity contribution in [2.75, 3.05) is 59.6 Å². The van der Waals surface area contributed by atoms with E-state index in [-0.39, 0.29) is 6.79 Å². The van der Waals surface area contributed by atoms with Crippen LogP contribution in [0.5, 0.6) is 5.75 Å². The fraction of sp³-hybridized carbons (Fsp3) is 0.760. The van der Waals surface area contributed by atoms with E-state index in [0.29, 0.717) is 58.8 Å². The molecule has 1 aromatic rings. The molecule has 1 aliphatic rings. The topological polar surface area (TPSA) is 66.4 Å². The minimum Gasteiger partial charge on any atom is -0.491 e. The number of hydrogen-bond acceptors (Lipinski definition) is 6. The van der Waals surface area contributed by atoms with Gasteiger partial charge >= 0.3 is 0 Å². The lowest BCUT2D eigenvalue weighted by Gasteiger charge is -2.17. The van der Waals surface area contributed by atoms with Gasteiger partial charge in [-0.3, -0.25) is 0 Å². The summed E-state index contributed by atoms with van der Waals surface area (Å²) in [6.45, 7) is 4.20. The van der Waals surface area contributed by atoms with Crippen LogP contribution >= 0.6 is 0 Å². The molecular formula is C25H42O6. The first-order valence-corrected chi connectivity index (χ1v) is 12.0. The van der Waals surface area contributed by atoms with Crippen LogP contribution in [0.1, 0.15) is 69.3 Å². The lowest BCUT2D eigenvalue weighted by molar-refractivity contribution is -0.0181. The van der Waals surface area contributed by atoms with E-state index in [1.54, 1.807) is 0 Å². The molecule has 0 saturated heterocycles. The number of aliphatic hydroxyl groups excluding tert-OH is 1. The van der Waals surface area contributed by atoms with Gasteiger partial charge in [-0.2, -0.15) is 0 Å². The maximum absolute atomic E-state index is 8.48. The Morgan fingerprint density at radius 3 is 1.94 bits per heavy atom. The summed E-state index contributed by atoms with van der Waals surface area (Å²) in [5.74, 6) is 1.62. The molecule has 31 heavy (non-hydrogen) atoms. The normalized spacial score (nSPS) is 15.9. The van der Waals surface area contributed by atoms with Gasteiger partial charge in [0, 0.05) is 6.61 Å². The van der Waals surface area contributed by atoms with Crippen LogP contribution in [0.4, 0.5) is 0 Å². The third kappa shape index (κ3) is 13.1. The number of benzene rings is 1. The molecule has 1 fully saturated rings. The van der Waals surface area contributed by atoms with Gasteiger partial charge in [0.05, 0.1) is 39.6 Å². The second-order valence-electron chi connectivity index (χ2n) is 8.04. The van der Waals surface area contributed by atoms with Crippen LogP contribution in [0.25, 0.3) is 0 Å². The van der Waals surface area contributed by atoms with Gasteiger partial charge in [-0.05, 0) is 42.9 Å². The Labute approximate surface area is 188 Å². The summed E-state index contributed by atoms with van der Waals surface area (Å²) in [6, 6.07) is 8.64. The van der Waals surface area contributed by atoms with E-state index in [1.165, 1.54) is 56.9 Å². The molecule has 1 N–H and O–H groups in total. The summed E-state index contributed by atoms with van der Waals surface area (Å²) in [5, 5.41) is 8.48. The molecule has 0 bridgehead atoms. The lowest BCUT2D eigenvalue weighted by atomic mass is 9.89. The Bertz CT molecular complexity index is 528. The Morgan fingerprint density at radius 2 is 1.26 bits per heavy atom. The second kappa shape index (κ2) is 18.4. The van der Waals surface area contributed by atoms with Crippen LogP contribution in [0.3, 0.4) is 0 Å². The van der Waals surface area contributed by atoms with Gasteiger partial charge in [0.25, 0.3) is 0 Å². The van der Waals surface area contributed by atoms with Crippen LogP contribution in [-0.4, -0.2) is 64.8 Å². The third-order valence-corrected chi connectivity index (χ3v) is 5.59. The van der Waals surface area contributed by atoms with Crippen molar-refractivity contribution in [3.63, 3.8) is 0 Å². The molecule has 178 valence electrons. The molecule has 0 radical (unpaired) electrons. The van der Waals surface area contributed by atoms with E-state index in [2.05, 4.69) is 18.2 Å².